The fourth-order valence-corrected chi connectivity index (χ4v) is 3.05. The van der Waals surface area contributed by atoms with Crippen LogP contribution in [0.2, 0.25) is 0 Å². The number of carbonyl (C=O) groups excluding carboxylic acids is 1. The molecule has 1 aromatic carbocycles. The fraction of sp³-hybridized carbons (Fsp3) is 0.500. The lowest BCUT2D eigenvalue weighted by Gasteiger charge is -2.12. The van der Waals surface area contributed by atoms with Crippen molar-refractivity contribution in [3.8, 4) is 0 Å². The average molecular weight is 402 g/mol. The van der Waals surface area contributed by atoms with Gasteiger partial charge < -0.3 is 19.8 Å². The van der Waals surface area contributed by atoms with Gasteiger partial charge in [0.15, 0.2) is 7.37 Å². The maximum absolute atomic E-state index is 11.1. The molecule has 1 rings (SSSR count). The molecule has 2 atom stereocenters. The smallest absolute Gasteiger partial charge is 0.308 e. The number of rotatable bonds is 9. The first-order chi connectivity index (χ1) is 12.4. The second-order valence-electron chi connectivity index (χ2n) is 6.45. The number of hydrogen-bond donors (Lipinski definition) is 3. The maximum Gasteiger partial charge on any atom is 0.308 e. The summed E-state index contributed by atoms with van der Waals surface area (Å²) in [4.78, 5) is 40.8. The third kappa shape index (κ3) is 13.7. The molecule has 0 saturated carbocycles. The van der Waals surface area contributed by atoms with E-state index in [2.05, 4.69) is 0 Å². The zero-order chi connectivity index (χ0) is 21.0. The molecule has 0 aliphatic rings. The minimum Gasteiger partial charge on any atom is -0.481 e. The van der Waals surface area contributed by atoms with Crippen LogP contribution in [-0.2, 0) is 30.3 Å². The summed E-state index contributed by atoms with van der Waals surface area (Å²) in [5.41, 5.74) is 1.02. The fourth-order valence-electron chi connectivity index (χ4n) is 1.89. The Morgan fingerprint density at radius 3 is 2.07 bits per heavy atom. The summed E-state index contributed by atoms with van der Waals surface area (Å²) in [6.07, 6.45) is -0.810. The van der Waals surface area contributed by atoms with Crippen LogP contribution in [-0.4, -0.2) is 45.8 Å². The standard InChI is InChI=1S/C11H14O2.C7H13O6P/c1-9(2)11(12)13-8-10-6-4-3-5-7-10;1-14(12,13)4-5(7(10)11)2-3-6(8)9/h3-7,9H,8H2,1-2H3;5H,2-4H2,1H3,(H,8,9)(H,10,11)(H,12,13). The molecule has 0 amide bonds. The SMILES string of the molecule is CC(C)C(=O)OCc1ccccc1.CP(=O)(O)CC(CCC(=O)O)C(=O)O. The van der Waals surface area contributed by atoms with Crippen LogP contribution in [0.15, 0.2) is 30.3 Å². The number of esters is 1. The van der Waals surface area contributed by atoms with Gasteiger partial charge in [-0.2, -0.15) is 0 Å². The van der Waals surface area contributed by atoms with Crippen molar-refractivity contribution >= 4 is 25.3 Å². The first-order valence-electron chi connectivity index (χ1n) is 8.36. The van der Waals surface area contributed by atoms with Crippen LogP contribution in [0.4, 0.5) is 0 Å². The first-order valence-corrected chi connectivity index (χ1v) is 10.7. The van der Waals surface area contributed by atoms with Gasteiger partial charge >= 0.3 is 17.9 Å². The van der Waals surface area contributed by atoms with Crippen LogP contribution < -0.4 is 0 Å². The summed E-state index contributed by atoms with van der Waals surface area (Å²) < 4.78 is 16.0. The number of carboxylic acid groups (broad SMARTS) is 2. The van der Waals surface area contributed by atoms with Gasteiger partial charge in [-0.15, -0.1) is 0 Å². The summed E-state index contributed by atoms with van der Waals surface area (Å²) in [6, 6.07) is 9.67. The summed E-state index contributed by atoms with van der Waals surface area (Å²) in [7, 11) is -3.41. The van der Waals surface area contributed by atoms with Gasteiger partial charge in [0.2, 0.25) is 0 Å². The normalized spacial score (nSPS) is 13.7. The Bertz CT molecular complexity index is 651. The minimum atomic E-state index is -3.41. The highest BCUT2D eigenvalue weighted by molar-refractivity contribution is 7.57. The number of hydrogen-bond acceptors (Lipinski definition) is 5. The van der Waals surface area contributed by atoms with Gasteiger partial charge in [0.1, 0.15) is 6.61 Å². The molecular formula is C18H27O8P. The van der Waals surface area contributed by atoms with Crippen LogP contribution in [0, 0.1) is 11.8 Å². The molecule has 1 aromatic rings. The van der Waals surface area contributed by atoms with Crippen molar-refractivity contribution in [2.24, 2.45) is 11.8 Å². The molecule has 0 aromatic heterocycles. The predicted molar refractivity (Wildman–Crippen MR) is 99.7 cm³/mol. The Balaban J connectivity index is 0.000000501. The molecule has 0 heterocycles. The van der Waals surface area contributed by atoms with Gasteiger partial charge in [-0.3, -0.25) is 18.9 Å². The Morgan fingerprint density at radius 1 is 1.11 bits per heavy atom. The Hall–Kier alpha value is -2.18. The van der Waals surface area contributed by atoms with Gasteiger partial charge in [0, 0.05) is 19.2 Å². The molecular weight excluding hydrogens is 375 g/mol. The maximum atomic E-state index is 11.1. The summed E-state index contributed by atoms with van der Waals surface area (Å²) in [5.74, 6) is -3.61. The summed E-state index contributed by atoms with van der Waals surface area (Å²) >= 11 is 0. The number of carbonyl (C=O) groups is 3. The molecule has 0 saturated heterocycles. The zero-order valence-electron chi connectivity index (χ0n) is 15.7. The number of carboxylic acids is 2. The molecule has 9 heteroatoms. The molecule has 2 unspecified atom stereocenters. The average Bonchev–Trinajstić information content (AvgIpc) is 2.56. The second-order valence-corrected chi connectivity index (χ2v) is 8.92. The van der Waals surface area contributed by atoms with Crippen molar-refractivity contribution in [3.63, 3.8) is 0 Å². The minimum absolute atomic E-state index is 0.0521. The Morgan fingerprint density at radius 2 is 1.67 bits per heavy atom. The molecule has 0 fully saturated rings. The van der Waals surface area contributed by atoms with Crippen LogP contribution in [0.3, 0.4) is 0 Å². The van der Waals surface area contributed by atoms with E-state index >= 15 is 0 Å². The van der Waals surface area contributed by atoms with Gasteiger partial charge in [0.25, 0.3) is 0 Å². The van der Waals surface area contributed by atoms with Gasteiger partial charge in [0.05, 0.1) is 11.8 Å². The van der Waals surface area contributed by atoms with E-state index in [1.807, 2.05) is 44.2 Å². The highest BCUT2D eigenvalue weighted by Gasteiger charge is 2.25. The highest BCUT2D eigenvalue weighted by atomic mass is 31.2. The first kappa shape index (κ1) is 24.8. The number of benzene rings is 1. The highest BCUT2D eigenvalue weighted by Crippen LogP contribution is 2.38. The molecule has 152 valence electrons. The second kappa shape index (κ2) is 12.3. The van der Waals surface area contributed by atoms with Crippen molar-refractivity contribution in [1.29, 1.82) is 0 Å². The van der Waals surface area contributed by atoms with E-state index in [-0.39, 0.29) is 30.9 Å². The van der Waals surface area contributed by atoms with E-state index in [1.54, 1.807) is 0 Å². The van der Waals surface area contributed by atoms with Crippen LogP contribution >= 0.6 is 7.37 Å². The molecule has 27 heavy (non-hydrogen) atoms. The van der Waals surface area contributed by atoms with E-state index in [1.165, 1.54) is 0 Å². The van der Waals surface area contributed by atoms with Gasteiger partial charge in [-0.05, 0) is 12.0 Å². The molecule has 0 aliphatic carbocycles. The third-order valence-electron chi connectivity index (χ3n) is 3.31. The van der Waals surface area contributed by atoms with E-state index in [0.29, 0.717) is 6.61 Å². The van der Waals surface area contributed by atoms with Crippen LogP contribution in [0.25, 0.3) is 0 Å². The molecule has 0 bridgehead atoms. The lowest BCUT2D eigenvalue weighted by molar-refractivity contribution is -0.148. The Labute approximate surface area is 158 Å². The summed E-state index contributed by atoms with van der Waals surface area (Å²) in [5, 5.41) is 16.9. The number of aliphatic carboxylic acids is 2. The molecule has 0 radical (unpaired) electrons. The lowest BCUT2D eigenvalue weighted by atomic mass is 10.1. The molecule has 0 spiro atoms. The predicted octanol–water partition coefficient (Wildman–Crippen LogP) is 2.84. The lowest BCUT2D eigenvalue weighted by Crippen LogP contribution is -2.19. The monoisotopic (exact) mass is 402 g/mol. The molecule has 0 aliphatic heterocycles. The molecule has 8 nitrogen and oxygen atoms in total. The topological polar surface area (TPSA) is 138 Å². The van der Waals surface area contributed by atoms with Gasteiger partial charge in [-0.1, -0.05) is 44.2 Å². The van der Waals surface area contributed by atoms with Gasteiger partial charge in [-0.25, -0.2) is 0 Å². The quantitative estimate of drug-likeness (QED) is 0.423. The van der Waals surface area contributed by atoms with E-state index in [9.17, 15) is 18.9 Å². The van der Waals surface area contributed by atoms with E-state index in [4.69, 9.17) is 19.8 Å². The van der Waals surface area contributed by atoms with Crippen molar-refractivity contribution in [1.82, 2.24) is 0 Å². The Kier molecular flexibility index (Phi) is 11.3. The van der Waals surface area contributed by atoms with Crippen molar-refractivity contribution in [3.05, 3.63) is 35.9 Å². The van der Waals surface area contributed by atoms with Crippen molar-refractivity contribution < 1.29 is 38.8 Å². The van der Waals surface area contributed by atoms with Crippen molar-refractivity contribution in [2.45, 2.75) is 33.3 Å². The van der Waals surface area contributed by atoms with E-state index in [0.717, 1.165) is 12.2 Å². The van der Waals surface area contributed by atoms with Crippen molar-refractivity contribution in [2.75, 3.05) is 12.8 Å². The zero-order valence-corrected chi connectivity index (χ0v) is 16.6. The van der Waals surface area contributed by atoms with E-state index < -0.39 is 25.2 Å². The van der Waals surface area contributed by atoms with Crippen LogP contribution in [0.5, 0.6) is 0 Å². The number of ether oxygens (including phenoxy) is 1. The molecule has 3 N–H and O–H groups in total. The van der Waals surface area contributed by atoms with Crippen LogP contribution in [0.1, 0.15) is 32.3 Å². The largest absolute Gasteiger partial charge is 0.481 e. The summed E-state index contributed by atoms with van der Waals surface area (Å²) in [6.45, 7) is 5.09. The third-order valence-corrected chi connectivity index (χ3v) is 4.43.